The maximum atomic E-state index is 11.7. The van der Waals surface area contributed by atoms with E-state index in [9.17, 15) is 4.79 Å². The Kier molecular flexibility index (Phi) is 3.54. The topological polar surface area (TPSA) is 67.2 Å². The van der Waals surface area contributed by atoms with Crippen LogP contribution < -0.4 is 16.4 Å². The zero-order valence-corrected chi connectivity index (χ0v) is 10.3. The van der Waals surface area contributed by atoms with E-state index in [0.29, 0.717) is 17.9 Å². The van der Waals surface area contributed by atoms with E-state index in [1.165, 1.54) is 0 Å². The Labute approximate surface area is 106 Å². The molecule has 1 heterocycles. The van der Waals surface area contributed by atoms with Gasteiger partial charge in [-0.25, -0.2) is 0 Å². The predicted octanol–water partition coefficient (Wildman–Crippen LogP) is 1.36. The van der Waals surface area contributed by atoms with Crippen LogP contribution in [0.25, 0.3) is 0 Å². The second-order valence-electron chi connectivity index (χ2n) is 4.33. The molecule has 1 aliphatic heterocycles. The van der Waals surface area contributed by atoms with Gasteiger partial charge in [0.2, 0.25) is 5.91 Å². The van der Waals surface area contributed by atoms with Gasteiger partial charge in [-0.2, -0.15) is 0 Å². The summed E-state index contributed by atoms with van der Waals surface area (Å²) < 4.78 is 0. The van der Waals surface area contributed by atoms with Gasteiger partial charge in [0, 0.05) is 10.7 Å². The van der Waals surface area contributed by atoms with Crippen LogP contribution >= 0.6 is 11.6 Å². The molecule has 92 valence electrons. The van der Waals surface area contributed by atoms with Crippen LogP contribution in [0.2, 0.25) is 5.02 Å². The van der Waals surface area contributed by atoms with E-state index in [0.717, 1.165) is 18.8 Å². The third-order valence-electron chi connectivity index (χ3n) is 3.14. The Morgan fingerprint density at radius 1 is 1.41 bits per heavy atom. The smallest absolute Gasteiger partial charge is 0.243 e. The summed E-state index contributed by atoms with van der Waals surface area (Å²) in [5, 5.41) is 7.10. The molecule has 17 heavy (non-hydrogen) atoms. The molecule has 1 aromatic rings. The van der Waals surface area contributed by atoms with Crippen LogP contribution in [-0.2, 0) is 4.79 Å². The van der Waals surface area contributed by atoms with Crippen LogP contribution in [0.1, 0.15) is 12.8 Å². The molecule has 1 fully saturated rings. The van der Waals surface area contributed by atoms with Crippen molar-refractivity contribution in [2.45, 2.75) is 18.4 Å². The van der Waals surface area contributed by atoms with E-state index in [1.807, 2.05) is 12.1 Å². The summed E-state index contributed by atoms with van der Waals surface area (Å²) in [4.78, 5) is 11.7. The van der Waals surface area contributed by atoms with Gasteiger partial charge in [0.05, 0.1) is 0 Å². The fourth-order valence-electron chi connectivity index (χ4n) is 2.13. The number of nitrogens with one attached hydrogen (secondary N) is 2. The SMILES string of the molecule is NC(=O)C1(Nc2cccc(Cl)c2)CCNCC1. The lowest BCUT2D eigenvalue weighted by atomic mass is 9.87. The van der Waals surface area contributed by atoms with Gasteiger partial charge in [0.1, 0.15) is 5.54 Å². The fraction of sp³-hybridized carbons (Fsp3) is 0.417. The number of rotatable bonds is 3. The molecule has 4 N–H and O–H groups in total. The highest BCUT2D eigenvalue weighted by Crippen LogP contribution is 2.25. The van der Waals surface area contributed by atoms with Crippen molar-refractivity contribution < 1.29 is 4.79 Å². The molecule has 0 saturated carbocycles. The fourth-order valence-corrected chi connectivity index (χ4v) is 2.32. The van der Waals surface area contributed by atoms with Gasteiger partial charge in [-0.1, -0.05) is 17.7 Å². The molecule has 0 aliphatic carbocycles. The lowest BCUT2D eigenvalue weighted by molar-refractivity contribution is -0.123. The quantitative estimate of drug-likeness (QED) is 0.762. The number of hydrogen-bond acceptors (Lipinski definition) is 3. The van der Waals surface area contributed by atoms with Crippen LogP contribution in [0.3, 0.4) is 0 Å². The number of nitrogens with two attached hydrogens (primary N) is 1. The highest BCUT2D eigenvalue weighted by atomic mass is 35.5. The molecule has 0 unspecified atom stereocenters. The molecule has 0 spiro atoms. The molecule has 4 nitrogen and oxygen atoms in total. The summed E-state index contributed by atoms with van der Waals surface area (Å²) >= 11 is 5.92. The van der Waals surface area contributed by atoms with Crippen LogP contribution in [0, 0.1) is 0 Å². The van der Waals surface area contributed by atoms with Crippen molar-refractivity contribution in [2.75, 3.05) is 18.4 Å². The normalized spacial score (nSPS) is 18.6. The highest BCUT2D eigenvalue weighted by Gasteiger charge is 2.37. The number of hydrogen-bond donors (Lipinski definition) is 3. The first-order valence-corrected chi connectivity index (χ1v) is 6.05. The molecular formula is C12H16ClN3O. The third kappa shape index (κ3) is 2.70. The minimum atomic E-state index is -0.657. The van der Waals surface area contributed by atoms with Gasteiger partial charge in [0.15, 0.2) is 0 Å². The average Bonchev–Trinajstić information content (AvgIpc) is 2.30. The van der Waals surface area contributed by atoms with E-state index in [2.05, 4.69) is 10.6 Å². The first kappa shape index (κ1) is 12.2. The molecule has 5 heteroatoms. The van der Waals surface area contributed by atoms with E-state index < -0.39 is 5.54 Å². The van der Waals surface area contributed by atoms with Crippen LogP contribution in [0.4, 0.5) is 5.69 Å². The van der Waals surface area contributed by atoms with Crippen molar-refractivity contribution in [3.8, 4) is 0 Å². The number of halogens is 1. The molecule has 0 bridgehead atoms. The molecule has 1 aliphatic rings. The summed E-state index contributed by atoms with van der Waals surface area (Å²) in [7, 11) is 0. The second kappa shape index (κ2) is 4.94. The minimum absolute atomic E-state index is 0.307. The number of primary amides is 1. The lowest BCUT2D eigenvalue weighted by Crippen LogP contribution is -2.56. The monoisotopic (exact) mass is 253 g/mol. The van der Waals surface area contributed by atoms with Crippen molar-refractivity contribution in [3.63, 3.8) is 0 Å². The van der Waals surface area contributed by atoms with Gasteiger partial charge >= 0.3 is 0 Å². The minimum Gasteiger partial charge on any atom is -0.371 e. The number of carbonyl (C=O) groups excluding carboxylic acids is 1. The summed E-state index contributed by atoms with van der Waals surface area (Å²) in [5.41, 5.74) is 5.70. The molecule has 0 atom stereocenters. The van der Waals surface area contributed by atoms with Crippen molar-refractivity contribution in [1.29, 1.82) is 0 Å². The Morgan fingerprint density at radius 3 is 2.71 bits per heavy atom. The Morgan fingerprint density at radius 2 is 2.12 bits per heavy atom. The number of anilines is 1. The van der Waals surface area contributed by atoms with Crippen molar-refractivity contribution in [3.05, 3.63) is 29.3 Å². The third-order valence-corrected chi connectivity index (χ3v) is 3.37. The van der Waals surface area contributed by atoms with Crippen LogP contribution in [0.5, 0.6) is 0 Å². The summed E-state index contributed by atoms with van der Waals surface area (Å²) in [6.07, 6.45) is 1.38. The second-order valence-corrected chi connectivity index (χ2v) is 4.77. The summed E-state index contributed by atoms with van der Waals surface area (Å²) in [6.45, 7) is 1.58. The molecule has 0 radical (unpaired) electrons. The van der Waals surface area contributed by atoms with Gasteiger partial charge in [-0.15, -0.1) is 0 Å². The number of carbonyl (C=O) groups is 1. The Balaban J connectivity index is 2.20. The van der Waals surface area contributed by atoms with E-state index in [4.69, 9.17) is 17.3 Å². The molecule has 2 rings (SSSR count). The molecular weight excluding hydrogens is 238 g/mol. The zero-order chi connectivity index (χ0) is 12.3. The standard InChI is InChI=1S/C12H16ClN3O/c13-9-2-1-3-10(8-9)16-12(11(14)17)4-6-15-7-5-12/h1-3,8,15-16H,4-7H2,(H2,14,17). The number of piperidine rings is 1. The van der Waals surface area contributed by atoms with Gasteiger partial charge in [-0.3, -0.25) is 4.79 Å². The molecule has 1 amide bonds. The number of benzene rings is 1. The van der Waals surface area contributed by atoms with Crippen LogP contribution in [0.15, 0.2) is 24.3 Å². The first-order valence-electron chi connectivity index (χ1n) is 5.67. The average molecular weight is 254 g/mol. The van der Waals surface area contributed by atoms with Gasteiger partial charge < -0.3 is 16.4 Å². The molecule has 1 aromatic carbocycles. The van der Waals surface area contributed by atoms with Gasteiger partial charge in [0.25, 0.3) is 0 Å². The predicted molar refractivity (Wildman–Crippen MR) is 69.1 cm³/mol. The largest absolute Gasteiger partial charge is 0.371 e. The van der Waals surface area contributed by atoms with Crippen LogP contribution in [-0.4, -0.2) is 24.5 Å². The zero-order valence-electron chi connectivity index (χ0n) is 9.50. The van der Waals surface area contributed by atoms with E-state index in [-0.39, 0.29) is 5.91 Å². The van der Waals surface area contributed by atoms with E-state index in [1.54, 1.807) is 12.1 Å². The lowest BCUT2D eigenvalue weighted by Gasteiger charge is -2.36. The van der Waals surface area contributed by atoms with Crippen molar-refractivity contribution in [1.82, 2.24) is 5.32 Å². The first-order chi connectivity index (χ1) is 8.12. The number of amides is 1. The summed E-state index contributed by atoms with van der Waals surface area (Å²) in [5.74, 6) is -0.307. The maximum absolute atomic E-state index is 11.7. The molecule has 1 saturated heterocycles. The Hall–Kier alpha value is -1.26. The molecule has 0 aromatic heterocycles. The van der Waals surface area contributed by atoms with E-state index >= 15 is 0 Å². The highest BCUT2D eigenvalue weighted by molar-refractivity contribution is 6.30. The maximum Gasteiger partial charge on any atom is 0.243 e. The summed E-state index contributed by atoms with van der Waals surface area (Å²) in [6, 6.07) is 7.33. The van der Waals surface area contributed by atoms with Crippen molar-refractivity contribution >= 4 is 23.2 Å². The van der Waals surface area contributed by atoms with Crippen molar-refractivity contribution in [2.24, 2.45) is 5.73 Å². The Bertz CT molecular complexity index is 416. The van der Waals surface area contributed by atoms with Gasteiger partial charge in [-0.05, 0) is 44.1 Å².